The van der Waals surface area contributed by atoms with Crippen LogP contribution in [0.25, 0.3) is 11.1 Å². The Labute approximate surface area is 169 Å². The van der Waals surface area contributed by atoms with E-state index in [1.165, 1.54) is 0 Å². The molecule has 0 unspecified atom stereocenters. The number of aryl methyl sites for hydroxylation is 2. The molecular formula is C20H24ClN7. The monoisotopic (exact) mass is 397 g/mol. The molecule has 0 saturated carbocycles. The van der Waals surface area contributed by atoms with E-state index in [1.54, 1.807) is 4.68 Å². The van der Waals surface area contributed by atoms with E-state index in [9.17, 15) is 0 Å². The highest BCUT2D eigenvalue weighted by Gasteiger charge is 2.17. The minimum Gasteiger partial charge on any atom is -0.367 e. The molecule has 7 nitrogen and oxygen atoms in total. The van der Waals surface area contributed by atoms with E-state index in [0.717, 1.165) is 59.1 Å². The maximum atomic E-state index is 6.13. The number of nitrogens with zero attached hydrogens (tertiary/aromatic N) is 4. The lowest BCUT2D eigenvalue weighted by molar-refractivity contribution is 0.478. The predicted molar refractivity (Wildman–Crippen MR) is 113 cm³/mol. The van der Waals surface area contributed by atoms with E-state index in [-0.39, 0.29) is 0 Å². The zero-order valence-corrected chi connectivity index (χ0v) is 16.8. The van der Waals surface area contributed by atoms with Gasteiger partial charge in [0.25, 0.3) is 0 Å². The van der Waals surface area contributed by atoms with E-state index in [1.807, 2.05) is 50.8 Å². The Balaban J connectivity index is 1.64. The van der Waals surface area contributed by atoms with Gasteiger partial charge in [-0.1, -0.05) is 11.6 Å². The predicted octanol–water partition coefficient (Wildman–Crippen LogP) is 3.75. The molecular weight excluding hydrogens is 374 g/mol. The van der Waals surface area contributed by atoms with Gasteiger partial charge in [0.1, 0.15) is 5.82 Å². The molecule has 28 heavy (non-hydrogen) atoms. The highest BCUT2D eigenvalue weighted by atomic mass is 35.5. The number of halogens is 1. The smallest absolute Gasteiger partial charge is 0.229 e. The number of piperidine rings is 1. The third kappa shape index (κ3) is 4.26. The number of hydrogen-bond donors (Lipinski definition) is 3. The molecule has 0 amide bonds. The van der Waals surface area contributed by atoms with Crippen LogP contribution in [-0.2, 0) is 7.05 Å². The first-order chi connectivity index (χ1) is 13.6. The van der Waals surface area contributed by atoms with E-state index in [0.29, 0.717) is 12.0 Å². The molecule has 0 aliphatic carbocycles. The first-order valence-electron chi connectivity index (χ1n) is 9.45. The summed E-state index contributed by atoms with van der Waals surface area (Å²) in [6, 6.07) is 6.17. The van der Waals surface area contributed by atoms with Crippen LogP contribution in [-0.4, -0.2) is 38.9 Å². The third-order valence-corrected chi connectivity index (χ3v) is 5.32. The molecule has 0 atom stereocenters. The molecule has 4 rings (SSSR count). The van der Waals surface area contributed by atoms with Crippen molar-refractivity contribution in [3.05, 3.63) is 47.4 Å². The molecule has 3 aromatic rings. The number of hydrogen-bond acceptors (Lipinski definition) is 6. The maximum absolute atomic E-state index is 6.13. The highest BCUT2D eigenvalue weighted by molar-refractivity contribution is 6.31. The highest BCUT2D eigenvalue weighted by Crippen LogP contribution is 2.29. The first kappa shape index (κ1) is 18.7. The summed E-state index contributed by atoms with van der Waals surface area (Å²) in [5, 5.41) is 15.3. The molecule has 3 N–H and O–H groups in total. The number of nitrogens with one attached hydrogen (secondary N) is 3. The lowest BCUT2D eigenvalue weighted by Crippen LogP contribution is -2.35. The Morgan fingerprint density at radius 3 is 2.75 bits per heavy atom. The minimum atomic E-state index is 0.386. The average molecular weight is 398 g/mol. The Morgan fingerprint density at radius 2 is 2.04 bits per heavy atom. The van der Waals surface area contributed by atoms with Gasteiger partial charge in [-0.2, -0.15) is 10.1 Å². The largest absolute Gasteiger partial charge is 0.367 e. The molecule has 2 aromatic heterocycles. The molecule has 0 spiro atoms. The molecule has 1 aliphatic heterocycles. The zero-order valence-electron chi connectivity index (χ0n) is 16.0. The van der Waals surface area contributed by atoms with Gasteiger partial charge in [-0.25, -0.2) is 4.98 Å². The second kappa shape index (κ2) is 8.16. The summed E-state index contributed by atoms with van der Waals surface area (Å²) >= 11 is 6.13. The van der Waals surface area contributed by atoms with Gasteiger partial charge in [0.05, 0.1) is 6.20 Å². The van der Waals surface area contributed by atoms with Gasteiger partial charge < -0.3 is 16.0 Å². The fraction of sp³-hybridized carbons (Fsp3) is 0.350. The summed E-state index contributed by atoms with van der Waals surface area (Å²) in [5.41, 5.74) is 3.85. The molecule has 0 radical (unpaired) electrons. The van der Waals surface area contributed by atoms with Crippen molar-refractivity contribution in [2.24, 2.45) is 7.05 Å². The first-order valence-corrected chi connectivity index (χ1v) is 9.83. The normalized spacial score (nSPS) is 14.8. The molecule has 1 saturated heterocycles. The van der Waals surface area contributed by atoms with E-state index in [4.69, 9.17) is 16.6 Å². The van der Waals surface area contributed by atoms with Crippen molar-refractivity contribution in [3.8, 4) is 11.1 Å². The summed E-state index contributed by atoms with van der Waals surface area (Å²) in [7, 11) is 1.91. The standard InChI is InChI=1S/C20H24ClN7/c1-13-9-16(3-4-18(13)21)26-20-23-11-17(14-10-24-28(2)12-14)19(27-20)25-15-5-7-22-8-6-15/h3-4,9-12,15,22H,5-8H2,1-2H3,(H2,23,25,26,27). The fourth-order valence-corrected chi connectivity index (χ4v) is 3.45. The van der Waals surface area contributed by atoms with Crippen LogP contribution in [0.2, 0.25) is 5.02 Å². The quantitative estimate of drug-likeness (QED) is 0.608. The molecule has 1 aliphatic rings. The molecule has 1 fully saturated rings. The number of benzene rings is 1. The van der Waals surface area contributed by atoms with Crippen LogP contribution in [0.5, 0.6) is 0 Å². The van der Waals surface area contributed by atoms with Crippen LogP contribution in [0.4, 0.5) is 17.5 Å². The number of rotatable bonds is 5. The SMILES string of the molecule is Cc1cc(Nc2ncc(-c3cnn(C)c3)c(NC3CCNCC3)n2)ccc1Cl. The molecule has 8 heteroatoms. The van der Waals surface area contributed by atoms with Gasteiger partial charge in [0, 0.05) is 47.3 Å². The van der Waals surface area contributed by atoms with Crippen molar-refractivity contribution in [3.63, 3.8) is 0 Å². The Morgan fingerprint density at radius 1 is 1.21 bits per heavy atom. The van der Waals surface area contributed by atoms with Crippen LogP contribution in [0.15, 0.2) is 36.8 Å². The van der Waals surface area contributed by atoms with Crippen LogP contribution < -0.4 is 16.0 Å². The van der Waals surface area contributed by atoms with Gasteiger partial charge in [-0.15, -0.1) is 0 Å². The Kier molecular flexibility index (Phi) is 5.45. The van der Waals surface area contributed by atoms with E-state index >= 15 is 0 Å². The summed E-state index contributed by atoms with van der Waals surface area (Å²) in [4.78, 5) is 9.30. The Bertz CT molecular complexity index is 963. The second-order valence-corrected chi connectivity index (χ2v) is 7.52. The van der Waals surface area contributed by atoms with Gasteiger partial charge in [-0.05, 0) is 56.6 Å². The van der Waals surface area contributed by atoms with Gasteiger partial charge in [-0.3, -0.25) is 4.68 Å². The molecule has 3 heterocycles. The zero-order chi connectivity index (χ0) is 19.5. The average Bonchev–Trinajstić information content (AvgIpc) is 3.12. The van der Waals surface area contributed by atoms with Crippen molar-refractivity contribution >= 4 is 29.1 Å². The third-order valence-electron chi connectivity index (χ3n) is 4.90. The van der Waals surface area contributed by atoms with Crippen molar-refractivity contribution in [2.45, 2.75) is 25.8 Å². The van der Waals surface area contributed by atoms with Crippen LogP contribution in [0.1, 0.15) is 18.4 Å². The van der Waals surface area contributed by atoms with E-state index in [2.05, 4.69) is 26.0 Å². The number of aromatic nitrogens is 4. The van der Waals surface area contributed by atoms with Crippen molar-refractivity contribution in [1.29, 1.82) is 0 Å². The van der Waals surface area contributed by atoms with Crippen LogP contribution >= 0.6 is 11.6 Å². The van der Waals surface area contributed by atoms with Crippen LogP contribution in [0, 0.1) is 6.92 Å². The second-order valence-electron chi connectivity index (χ2n) is 7.12. The fourth-order valence-electron chi connectivity index (χ4n) is 3.33. The topological polar surface area (TPSA) is 79.7 Å². The van der Waals surface area contributed by atoms with Crippen molar-refractivity contribution in [2.75, 3.05) is 23.7 Å². The van der Waals surface area contributed by atoms with Crippen LogP contribution in [0.3, 0.4) is 0 Å². The summed E-state index contributed by atoms with van der Waals surface area (Å²) in [6.45, 7) is 4.00. The van der Waals surface area contributed by atoms with Gasteiger partial charge >= 0.3 is 0 Å². The van der Waals surface area contributed by atoms with Gasteiger partial charge in [0.15, 0.2) is 0 Å². The lowest BCUT2D eigenvalue weighted by Gasteiger charge is -2.25. The van der Waals surface area contributed by atoms with Crippen molar-refractivity contribution in [1.82, 2.24) is 25.1 Å². The minimum absolute atomic E-state index is 0.386. The molecule has 0 bridgehead atoms. The summed E-state index contributed by atoms with van der Waals surface area (Å²) in [5.74, 6) is 1.37. The lowest BCUT2D eigenvalue weighted by atomic mass is 10.1. The number of anilines is 3. The molecule has 146 valence electrons. The van der Waals surface area contributed by atoms with Gasteiger partial charge in [0.2, 0.25) is 5.95 Å². The summed E-state index contributed by atoms with van der Waals surface area (Å²) in [6.07, 6.45) is 7.79. The summed E-state index contributed by atoms with van der Waals surface area (Å²) < 4.78 is 1.78. The maximum Gasteiger partial charge on any atom is 0.229 e. The van der Waals surface area contributed by atoms with Crippen molar-refractivity contribution < 1.29 is 0 Å². The van der Waals surface area contributed by atoms with E-state index < -0.39 is 0 Å². The Hall–Kier alpha value is -2.64. The molecule has 1 aromatic carbocycles.